The van der Waals surface area contributed by atoms with Crippen LogP contribution in [0.5, 0.6) is 0 Å². The van der Waals surface area contributed by atoms with E-state index in [2.05, 4.69) is 18.2 Å². The van der Waals surface area contributed by atoms with E-state index in [1.165, 1.54) is 5.56 Å². The Morgan fingerprint density at radius 3 is 1.95 bits per heavy atom. The van der Waals surface area contributed by atoms with Crippen LogP contribution in [0.15, 0.2) is 54.6 Å². The minimum atomic E-state index is -1.38. The van der Waals surface area contributed by atoms with Gasteiger partial charge in [0.1, 0.15) is 0 Å². The van der Waals surface area contributed by atoms with Gasteiger partial charge in [0.2, 0.25) is 5.78 Å². The van der Waals surface area contributed by atoms with Gasteiger partial charge in [0.25, 0.3) is 0 Å². The molecule has 0 saturated heterocycles. The highest BCUT2D eigenvalue weighted by molar-refractivity contribution is 6.31. The van der Waals surface area contributed by atoms with Gasteiger partial charge in [-0.25, -0.2) is 4.79 Å². The Morgan fingerprint density at radius 2 is 1.47 bits per heavy atom. The first-order valence-electron chi connectivity index (χ1n) is 5.55. The summed E-state index contributed by atoms with van der Waals surface area (Å²) < 4.78 is 0. The molecule has 2 aromatic carbocycles. The Hall–Kier alpha value is -2.13. The fourth-order valence-corrected chi connectivity index (χ4v) is 1.49. The molecule has 2 aromatic rings. The predicted molar refractivity (Wildman–Crippen MR) is 75.2 cm³/mol. The second-order valence-corrected chi connectivity index (χ2v) is 4.17. The highest BCUT2D eigenvalue weighted by atomic mass is 35.5. The molecule has 19 heavy (non-hydrogen) atoms. The van der Waals surface area contributed by atoms with Crippen molar-refractivity contribution in [2.75, 3.05) is 0 Å². The molecule has 0 heterocycles. The van der Waals surface area contributed by atoms with E-state index in [4.69, 9.17) is 16.7 Å². The molecule has 1 N–H and O–H groups in total. The first-order valence-corrected chi connectivity index (χ1v) is 5.93. The monoisotopic (exact) mass is 276 g/mol. The average molecular weight is 277 g/mol. The van der Waals surface area contributed by atoms with Crippen LogP contribution in [-0.4, -0.2) is 16.9 Å². The second kappa shape index (κ2) is 7.34. The summed E-state index contributed by atoms with van der Waals surface area (Å²) in [5, 5.41) is 8.42. The fourth-order valence-electron chi connectivity index (χ4n) is 1.30. The number of aliphatic carboxylic acids is 1. The minimum absolute atomic E-state index is 0.779. The van der Waals surface area contributed by atoms with E-state index in [0.717, 1.165) is 17.5 Å². The van der Waals surface area contributed by atoms with Crippen LogP contribution >= 0.6 is 11.6 Å². The highest BCUT2D eigenvalue weighted by Gasteiger charge is 1.99. The average Bonchev–Trinajstić information content (AvgIpc) is 2.40. The second-order valence-electron chi connectivity index (χ2n) is 3.74. The molecule has 2 rings (SSSR count). The molecule has 0 radical (unpaired) electrons. The number of halogens is 1. The SMILES string of the molecule is CC(=O)C(=O)O.Clc1cccc(-c2ccccc2)c1. The van der Waals surface area contributed by atoms with E-state index in [-0.39, 0.29) is 0 Å². The van der Waals surface area contributed by atoms with Crippen molar-refractivity contribution in [2.45, 2.75) is 6.92 Å². The lowest BCUT2D eigenvalue weighted by atomic mass is 10.1. The number of Topliss-reactive ketones (excluding diaryl/α,β-unsaturated/α-hetero) is 1. The van der Waals surface area contributed by atoms with Crippen LogP contribution in [-0.2, 0) is 9.59 Å². The van der Waals surface area contributed by atoms with Crippen LogP contribution in [0.3, 0.4) is 0 Å². The normalized spacial score (nSPS) is 9.16. The zero-order valence-electron chi connectivity index (χ0n) is 10.3. The van der Waals surface area contributed by atoms with Crippen LogP contribution in [0.2, 0.25) is 5.02 Å². The van der Waals surface area contributed by atoms with Gasteiger partial charge in [0.05, 0.1) is 0 Å². The van der Waals surface area contributed by atoms with Gasteiger partial charge in [-0.1, -0.05) is 54.1 Å². The quantitative estimate of drug-likeness (QED) is 0.852. The van der Waals surface area contributed by atoms with E-state index in [1.807, 2.05) is 36.4 Å². The van der Waals surface area contributed by atoms with Crippen molar-refractivity contribution in [3.05, 3.63) is 59.6 Å². The Kier molecular flexibility index (Phi) is 5.76. The fraction of sp³-hybridized carbons (Fsp3) is 0.0667. The molecule has 4 heteroatoms. The molecule has 0 aliphatic rings. The first-order chi connectivity index (χ1) is 9.00. The summed E-state index contributed by atoms with van der Waals surface area (Å²) in [6, 6.07) is 18.1. The van der Waals surface area contributed by atoms with Gasteiger partial charge in [-0.2, -0.15) is 0 Å². The van der Waals surface area contributed by atoms with Crippen molar-refractivity contribution in [3.63, 3.8) is 0 Å². The third-order valence-electron chi connectivity index (χ3n) is 2.23. The summed E-state index contributed by atoms with van der Waals surface area (Å²) in [5.41, 5.74) is 2.36. The molecule has 0 atom stereocenters. The molecule has 0 bridgehead atoms. The van der Waals surface area contributed by atoms with Gasteiger partial charge in [-0.05, 0) is 23.3 Å². The predicted octanol–water partition coefficient (Wildman–Crippen LogP) is 3.67. The summed E-state index contributed by atoms with van der Waals surface area (Å²) >= 11 is 5.89. The third-order valence-corrected chi connectivity index (χ3v) is 2.47. The number of rotatable bonds is 2. The van der Waals surface area contributed by atoms with E-state index in [0.29, 0.717) is 0 Å². The van der Waals surface area contributed by atoms with Crippen molar-refractivity contribution in [2.24, 2.45) is 0 Å². The molecule has 0 aromatic heterocycles. The molecule has 0 amide bonds. The van der Waals surface area contributed by atoms with E-state index < -0.39 is 11.8 Å². The molecule has 0 aliphatic carbocycles. The molecule has 3 nitrogen and oxygen atoms in total. The minimum Gasteiger partial charge on any atom is -0.476 e. The Morgan fingerprint density at radius 1 is 0.947 bits per heavy atom. The Labute approximate surface area is 116 Å². The van der Waals surface area contributed by atoms with Gasteiger partial charge in [-0.3, -0.25) is 4.79 Å². The van der Waals surface area contributed by atoms with Crippen LogP contribution in [0.25, 0.3) is 11.1 Å². The van der Waals surface area contributed by atoms with Crippen molar-refractivity contribution in [3.8, 4) is 11.1 Å². The number of benzene rings is 2. The maximum atomic E-state index is 9.54. The lowest BCUT2D eigenvalue weighted by molar-refractivity contribution is -0.148. The van der Waals surface area contributed by atoms with Crippen LogP contribution < -0.4 is 0 Å². The summed E-state index contributed by atoms with van der Waals surface area (Å²) in [5.74, 6) is -2.20. The number of carboxylic acids is 1. The van der Waals surface area contributed by atoms with Crippen molar-refractivity contribution >= 4 is 23.4 Å². The van der Waals surface area contributed by atoms with Gasteiger partial charge >= 0.3 is 5.97 Å². The van der Waals surface area contributed by atoms with Crippen LogP contribution in [0, 0.1) is 0 Å². The molecule has 0 fully saturated rings. The molecule has 0 spiro atoms. The van der Waals surface area contributed by atoms with E-state index in [9.17, 15) is 9.59 Å². The number of hydrogen-bond donors (Lipinski definition) is 1. The Balaban J connectivity index is 0.000000258. The summed E-state index contributed by atoms with van der Waals surface area (Å²) in [4.78, 5) is 18.9. The molecule has 0 unspecified atom stereocenters. The van der Waals surface area contributed by atoms with Gasteiger partial charge in [-0.15, -0.1) is 0 Å². The molecular weight excluding hydrogens is 264 g/mol. The molecule has 98 valence electrons. The molecule has 0 saturated carbocycles. The number of hydrogen-bond acceptors (Lipinski definition) is 2. The molecule has 0 aliphatic heterocycles. The lowest BCUT2D eigenvalue weighted by Gasteiger charge is -2.00. The number of ketones is 1. The summed E-state index contributed by atoms with van der Waals surface area (Å²) in [6.45, 7) is 1.00. The van der Waals surface area contributed by atoms with Gasteiger partial charge in [0, 0.05) is 11.9 Å². The smallest absolute Gasteiger partial charge is 0.371 e. The highest BCUT2D eigenvalue weighted by Crippen LogP contribution is 2.21. The van der Waals surface area contributed by atoms with Crippen molar-refractivity contribution in [1.29, 1.82) is 0 Å². The third kappa shape index (κ3) is 5.36. The Bertz CT molecular complexity index is 553. The largest absolute Gasteiger partial charge is 0.476 e. The van der Waals surface area contributed by atoms with Gasteiger partial charge < -0.3 is 5.11 Å². The molecular formula is C15H13ClO3. The topological polar surface area (TPSA) is 54.4 Å². The van der Waals surface area contributed by atoms with Gasteiger partial charge in [0.15, 0.2) is 0 Å². The van der Waals surface area contributed by atoms with Crippen LogP contribution in [0.1, 0.15) is 6.92 Å². The zero-order chi connectivity index (χ0) is 14.3. The first kappa shape index (κ1) is 14.9. The maximum absolute atomic E-state index is 9.54. The summed E-state index contributed by atoms with van der Waals surface area (Å²) in [6.07, 6.45) is 0. The van der Waals surface area contributed by atoms with E-state index >= 15 is 0 Å². The standard InChI is InChI=1S/C12H9Cl.C3H4O3/c13-12-8-4-7-11(9-12)10-5-2-1-3-6-10;1-2(4)3(5)6/h1-9H;1H3,(H,5,6). The van der Waals surface area contributed by atoms with Crippen LogP contribution in [0.4, 0.5) is 0 Å². The van der Waals surface area contributed by atoms with E-state index in [1.54, 1.807) is 0 Å². The van der Waals surface area contributed by atoms with Crippen molar-refractivity contribution in [1.82, 2.24) is 0 Å². The number of carbonyl (C=O) groups excluding carboxylic acids is 1. The maximum Gasteiger partial charge on any atom is 0.371 e. The summed E-state index contributed by atoms with van der Waals surface area (Å²) in [7, 11) is 0. The zero-order valence-corrected chi connectivity index (χ0v) is 11.1. The number of carbonyl (C=O) groups is 2. The number of carboxylic acid groups (broad SMARTS) is 1. The lowest BCUT2D eigenvalue weighted by Crippen LogP contribution is -2.05. The van der Waals surface area contributed by atoms with Crippen molar-refractivity contribution < 1.29 is 14.7 Å².